The Balaban J connectivity index is 1.49. The van der Waals surface area contributed by atoms with Gasteiger partial charge in [0.2, 0.25) is 0 Å². The molecule has 5 rings (SSSR count). The molecule has 1 saturated heterocycles. The highest BCUT2D eigenvalue weighted by Crippen LogP contribution is 2.39. The van der Waals surface area contributed by atoms with Gasteiger partial charge >= 0.3 is 0 Å². The van der Waals surface area contributed by atoms with Gasteiger partial charge in [-0.2, -0.15) is 0 Å². The van der Waals surface area contributed by atoms with Gasteiger partial charge in [-0.05, 0) is 43.0 Å². The predicted molar refractivity (Wildman–Crippen MR) is 103 cm³/mol. The normalized spacial score (nSPS) is 23.8. The SMILES string of the molecule is c1ccc(CN2CCC[C@]3(C2)NCCc2c3[nH]c3ccccc23)cc1. The quantitative estimate of drug-likeness (QED) is 0.748. The van der Waals surface area contributed by atoms with Crippen LogP contribution in [0.2, 0.25) is 0 Å². The molecule has 2 N–H and O–H groups in total. The van der Waals surface area contributed by atoms with Crippen molar-refractivity contribution in [3.05, 3.63) is 71.4 Å². The molecule has 2 aromatic carbocycles. The smallest absolute Gasteiger partial charge is 0.0718 e. The van der Waals surface area contributed by atoms with E-state index >= 15 is 0 Å². The Labute approximate surface area is 149 Å². The van der Waals surface area contributed by atoms with Crippen LogP contribution in [0.4, 0.5) is 0 Å². The first-order valence-electron chi connectivity index (χ1n) is 9.45. The number of aromatic amines is 1. The molecule has 0 bridgehead atoms. The lowest BCUT2D eigenvalue weighted by molar-refractivity contribution is 0.107. The van der Waals surface area contributed by atoms with Crippen LogP contribution in [-0.4, -0.2) is 29.5 Å². The van der Waals surface area contributed by atoms with Crippen molar-refractivity contribution in [1.29, 1.82) is 0 Å². The number of nitrogens with zero attached hydrogens (tertiary/aromatic N) is 1. The van der Waals surface area contributed by atoms with Gasteiger partial charge in [-0.25, -0.2) is 0 Å². The van der Waals surface area contributed by atoms with E-state index in [4.69, 9.17) is 0 Å². The van der Waals surface area contributed by atoms with Gasteiger partial charge in [0.05, 0.1) is 5.54 Å². The molecule has 3 heterocycles. The van der Waals surface area contributed by atoms with Crippen LogP contribution in [0, 0.1) is 0 Å². The van der Waals surface area contributed by atoms with E-state index in [0.29, 0.717) is 0 Å². The van der Waals surface area contributed by atoms with Gasteiger partial charge in [0.1, 0.15) is 0 Å². The largest absolute Gasteiger partial charge is 0.357 e. The second-order valence-electron chi connectivity index (χ2n) is 7.58. The van der Waals surface area contributed by atoms with Gasteiger partial charge in [0, 0.05) is 36.2 Å². The first-order chi connectivity index (χ1) is 12.3. The number of nitrogens with one attached hydrogen (secondary N) is 2. The van der Waals surface area contributed by atoms with Crippen LogP contribution in [0.1, 0.15) is 29.7 Å². The fourth-order valence-corrected chi connectivity index (χ4v) is 4.85. The van der Waals surface area contributed by atoms with Crippen LogP contribution in [0.3, 0.4) is 0 Å². The summed E-state index contributed by atoms with van der Waals surface area (Å²) < 4.78 is 0. The Kier molecular flexibility index (Phi) is 3.65. The summed E-state index contributed by atoms with van der Waals surface area (Å²) in [7, 11) is 0. The number of rotatable bonds is 2. The van der Waals surface area contributed by atoms with E-state index in [1.54, 1.807) is 0 Å². The van der Waals surface area contributed by atoms with Crippen molar-refractivity contribution in [2.45, 2.75) is 31.3 Å². The van der Waals surface area contributed by atoms with Crippen molar-refractivity contribution in [3.63, 3.8) is 0 Å². The Morgan fingerprint density at radius 2 is 1.84 bits per heavy atom. The summed E-state index contributed by atoms with van der Waals surface area (Å²) in [5.74, 6) is 0. The zero-order valence-electron chi connectivity index (χ0n) is 14.6. The molecule has 0 radical (unpaired) electrons. The second-order valence-corrected chi connectivity index (χ2v) is 7.58. The van der Waals surface area contributed by atoms with Crippen LogP contribution in [0.15, 0.2) is 54.6 Å². The molecule has 128 valence electrons. The number of hydrogen-bond acceptors (Lipinski definition) is 2. The van der Waals surface area contributed by atoms with Crippen molar-refractivity contribution < 1.29 is 0 Å². The van der Waals surface area contributed by atoms with E-state index in [0.717, 1.165) is 26.1 Å². The number of benzene rings is 2. The third kappa shape index (κ3) is 2.59. The molecular formula is C22H25N3. The molecule has 25 heavy (non-hydrogen) atoms. The summed E-state index contributed by atoms with van der Waals surface area (Å²) in [5.41, 5.74) is 5.76. The van der Waals surface area contributed by atoms with Gasteiger partial charge in [0.25, 0.3) is 0 Å². The molecule has 3 aromatic rings. The van der Waals surface area contributed by atoms with E-state index in [2.05, 4.69) is 69.8 Å². The molecule has 1 atom stereocenters. The molecule has 0 aliphatic carbocycles. The molecule has 1 aromatic heterocycles. The summed E-state index contributed by atoms with van der Waals surface area (Å²) in [6.07, 6.45) is 3.59. The third-order valence-corrected chi connectivity index (χ3v) is 5.95. The van der Waals surface area contributed by atoms with Gasteiger partial charge in [0.15, 0.2) is 0 Å². The lowest BCUT2D eigenvalue weighted by Crippen LogP contribution is -2.57. The summed E-state index contributed by atoms with van der Waals surface area (Å²) in [6, 6.07) is 19.6. The molecule has 3 nitrogen and oxygen atoms in total. The summed E-state index contributed by atoms with van der Waals surface area (Å²) in [4.78, 5) is 6.39. The van der Waals surface area contributed by atoms with Crippen molar-refractivity contribution in [2.24, 2.45) is 0 Å². The standard InChI is InChI=1S/C22H25N3/c1-2-7-17(8-3-1)15-25-14-6-12-22(16-25)21-19(11-13-23-22)18-9-4-5-10-20(18)24-21/h1-5,7-10,23-24H,6,11-16H2/t22-/m1/s1. The Bertz CT molecular complexity index is 883. The molecule has 2 aliphatic heterocycles. The molecule has 0 unspecified atom stereocenters. The topological polar surface area (TPSA) is 31.1 Å². The van der Waals surface area contributed by atoms with E-state index in [9.17, 15) is 0 Å². The monoisotopic (exact) mass is 331 g/mol. The first kappa shape index (κ1) is 15.2. The molecule has 0 saturated carbocycles. The minimum Gasteiger partial charge on any atom is -0.357 e. The van der Waals surface area contributed by atoms with Crippen LogP contribution >= 0.6 is 0 Å². The van der Waals surface area contributed by atoms with Gasteiger partial charge in [-0.3, -0.25) is 4.90 Å². The van der Waals surface area contributed by atoms with Gasteiger partial charge < -0.3 is 10.3 Å². The molecule has 2 aliphatic rings. The molecule has 1 fully saturated rings. The Morgan fingerprint density at radius 1 is 1.00 bits per heavy atom. The number of aromatic nitrogens is 1. The fourth-order valence-electron chi connectivity index (χ4n) is 4.85. The highest BCUT2D eigenvalue weighted by atomic mass is 15.2. The number of piperidine rings is 1. The summed E-state index contributed by atoms with van der Waals surface area (Å²) in [6.45, 7) is 4.39. The molecule has 1 spiro atoms. The van der Waals surface area contributed by atoms with Crippen LogP contribution < -0.4 is 5.32 Å². The lowest BCUT2D eigenvalue weighted by atomic mass is 9.80. The van der Waals surface area contributed by atoms with Crippen LogP contribution in [0.5, 0.6) is 0 Å². The molecule has 0 amide bonds. The Morgan fingerprint density at radius 3 is 2.76 bits per heavy atom. The first-order valence-corrected chi connectivity index (χ1v) is 9.45. The summed E-state index contributed by atoms with van der Waals surface area (Å²) >= 11 is 0. The lowest BCUT2D eigenvalue weighted by Gasteiger charge is -2.46. The number of H-pyrrole nitrogens is 1. The maximum atomic E-state index is 3.89. The number of likely N-dealkylation sites (tertiary alicyclic amines) is 1. The minimum absolute atomic E-state index is 0.0830. The number of hydrogen-bond donors (Lipinski definition) is 2. The zero-order valence-corrected chi connectivity index (χ0v) is 14.6. The summed E-state index contributed by atoms with van der Waals surface area (Å²) in [5, 5.41) is 5.31. The maximum absolute atomic E-state index is 3.89. The average Bonchev–Trinajstić information content (AvgIpc) is 3.04. The maximum Gasteiger partial charge on any atom is 0.0718 e. The van der Waals surface area contributed by atoms with Crippen LogP contribution in [0.25, 0.3) is 10.9 Å². The van der Waals surface area contributed by atoms with E-state index < -0.39 is 0 Å². The van der Waals surface area contributed by atoms with Crippen molar-refractivity contribution >= 4 is 10.9 Å². The Hall–Kier alpha value is -2.10. The molecule has 3 heteroatoms. The van der Waals surface area contributed by atoms with E-state index in [1.807, 2.05) is 0 Å². The predicted octanol–water partition coefficient (Wildman–Crippen LogP) is 3.80. The minimum atomic E-state index is 0.0830. The number of para-hydroxylation sites is 1. The number of fused-ring (bicyclic) bond motifs is 4. The zero-order chi connectivity index (χ0) is 16.7. The van der Waals surface area contributed by atoms with Crippen LogP contribution in [-0.2, 0) is 18.5 Å². The highest BCUT2D eigenvalue weighted by Gasteiger charge is 2.41. The fraction of sp³-hybridized carbons (Fsp3) is 0.364. The second kappa shape index (κ2) is 6.01. The average molecular weight is 331 g/mol. The van der Waals surface area contributed by atoms with E-state index in [1.165, 1.54) is 47.1 Å². The van der Waals surface area contributed by atoms with Crippen molar-refractivity contribution in [1.82, 2.24) is 15.2 Å². The van der Waals surface area contributed by atoms with Crippen molar-refractivity contribution in [3.8, 4) is 0 Å². The van der Waals surface area contributed by atoms with Gasteiger partial charge in [-0.1, -0.05) is 48.5 Å². The van der Waals surface area contributed by atoms with E-state index in [-0.39, 0.29) is 5.54 Å². The highest BCUT2D eigenvalue weighted by molar-refractivity contribution is 5.85. The molecular weight excluding hydrogens is 306 g/mol. The van der Waals surface area contributed by atoms with Crippen molar-refractivity contribution in [2.75, 3.05) is 19.6 Å². The third-order valence-electron chi connectivity index (χ3n) is 5.95. The van der Waals surface area contributed by atoms with Gasteiger partial charge in [-0.15, -0.1) is 0 Å².